The monoisotopic (exact) mass is 271 g/mol. The number of aromatic nitrogens is 4. The van der Waals surface area contributed by atoms with Gasteiger partial charge in [0.05, 0.1) is 12.0 Å². The average Bonchev–Trinajstić information content (AvgIpc) is 2.84. The van der Waals surface area contributed by atoms with E-state index in [1.165, 1.54) is 0 Å². The standard InChI is InChI=1S/C14H17N5O/c1-8-5-9(2)18-14(17-8)19-13(20)10-3-4-11-12(6-10)16-7-15-11/h5,7,10H,3-4,6H2,1-2H3,(H,15,16)(H,17,18,19,20). The third-order valence-corrected chi connectivity index (χ3v) is 3.58. The van der Waals surface area contributed by atoms with Crippen LogP contribution in [-0.4, -0.2) is 25.8 Å². The van der Waals surface area contributed by atoms with E-state index in [9.17, 15) is 4.79 Å². The first kappa shape index (κ1) is 12.8. The summed E-state index contributed by atoms with van der Waals surface area (Å²) in [5, 5.41) is 2.82. The van der Waals surface area contributed by atoms with Gasteiger partial charge in [0.25, 0.3) is 0 Å². The summed E-state index contributed by atoms with van der Waals surface area (Å²) < 4.78 is 0. The topological polar surface area (TPSA) is 83.6 Å². The number of anilines is 1. The van der Waals surface area contributed by atoms with Crippen molar-refractivity contribution in [1.82, 2.24) is 19.9 Å². The molecule has 104 valence electrons. The van der Waals surface area contributed by atoms with Gasteiger partial charge in [-0.3, -0.25) is 10.1 Å². The molecule has 0 spiro atoms. The normalized spacial score (nSPS) is 17.6. The highest BCUT2D eigenvalue weighted by Crippen LogP contribution is 2.23. The highest BCUT2D eigenvalue weighted by atomic mass is 16.2. The van der Waals surface area contributed by atoms with E-state index >= 15 is 0 Å². The number of amides is 1. The lowest BCUT2D eigenvalue weighted by Crippen LogP contribution is -2.29. The average molecular weight is 271 g/mol. The maximum atomic E-state index is 12.3. The highest BCUT2D eigenvalue weighted by molar-refractivity contribution is 5.91. The molecule has 2 aromatic heterocycles. The van der Waals surface area contributed by atoms with E-state index in [1.807, 2.05) is 19.9 Å². The first-order valence-corrected chi connectivity index (χ1v) is 6.76. The van der Waals surface area contributed by atoms with E-state index in [0.29, 0.717) is 12.4 Å². The van der Waals surface area contributed by atoms with Crippen LogP contribution in [0.4, 0.5) is 5.95 Å². The first-order chi connectivity index (χ1) is 9.61. The minimum absolute atomic E-state index is 0.0183. The second-order valence-corrected chi connectivity index (χ2v) is 5.23. The van der Waals surface area contributed by atoms with Crippen molar-refractivity contribution >= 4 is 11.9 Å². The fraction of sp³-hybridized carbons (Fsp3) is 0.429. The molecule has 2 heterocycles. The van der Waals surface area contributed by atoms with Gasteiger partial charge < -0.3 is 4.98 Å². The van der Waals surface area contributed by atoms with Crippen LogP contribution in [0.25, 0.3) is 0 Å². The van der Waals surface area contributed by atoms with Crippen LogP contribution in [-0.2, 0) is 17.6 Å². The number of hydrogen-bond donors (Lipinski definition) is 2. The minimum Gasteiger partial charge on any atom is -0.348 e. The number of nitrogens with one attached hydrogen (secondary N) is 2. The Morgan fingerprint density at radius 3 is 2.85 bits per heavy atom. The molecule has 1 unspecified atom stereocenters. The summed E-state index contributed by atoms with van der Waals surface area (Å²) >= 11 is 0. The van der Waals surface area contributed by atoms with Gasteiger partial charge in [-0.05, 0) is 32.8 Å². The molecule has 2 N–H and O–H groups in total. The molecule has 0 saturated carbocycles. The van der Waals surface area contributed by atoms with E-state index in [4.69, 9.17) is 0 Å². The zero-order valence-corrected chi connectivity index (χ0v) is 11.6. The van der Waals surface area contributed by atoms with Gasteiger partial charge in [0, 0.05) is 29.4 Å². The van der Waals surface area contributed by atoms with Crippen LogP contribution in [0.3, 0.4) is 0 Å². The van der Waals surface area contributed by atoms with Gasteiger partial charge in [0.2, 0.25) is 11.9 Å². The van der Waals surface area contributed by atoms with Crippen LogP contribution < -0.4 is 5.32 Å². The number of aromatic amines is 1. The van der Waals surface area contributed by atoms with Crippen molar-refractivity contribution in [2.24, 2.45) is 5.92 Å². The van der Waals surface area contributed by atoms with Gasteiger partial charge >= 0.3 is 0 Å². The maximum Gasteiger partial charge on any atom is 0.230 e. The molecule has 1 aliphatic carbocycles. The van der Waals surface area contributed by atoms with Crippen molar-refractivity contribution in [3.05, 3.63) is 35.2 Å². The Balaban J connectivity index is 1.71. The lowest BCUT2D eigenvalue weighted by Gasteiger charge is -2.20. The Labute approximate surface area is 117 Å². The SMILES string of the molecule is Cc1cc(C)nc(NC(=O)C2CCc3nc[nH]c3C2)n1. The summed E-state index contributed by atoms with van der Waals surface area (Å²) in [6.07, 6.45) is 4.04. The molecule has 6 nitrogen and oxygen atoms in total. The second kappa shape index (κ2) is 5.03. The zero-order chi connectivity index (χ0) is 14.1. The number of carbonyl (C=O) groups is 1. The number of carbonyl (C=O) groups excluding carboxylic acids is 1. The number of rotatable bonds is 2. The van der Waals surface area contributed by atoms with Crippen LogP contribution in [0.5, 0.6) is 0 Å². The van der Waals surface area contributed by atoms with Crippen LogP contribution >= 0.6 is 0 Å². The van der Waals surface area contributed by atoms with Crippen molar-refractivity contribution in [1.29, 1.82) is 0 Å². The molecule has 0 radical (unpaired) electrons. The van der Waals surface area contributed by atoms with Gasteiger partial charge in [0.1, 0.15) is 0 Å². The highest BCUT2D eigenvalue weighted by Gasteiger charge is 2.26. The number of H-pyrrole nitrogens is 1. The summed E-state index contributed by atoms with van der Waals surface area (Å²) in [6, 6.07) is 1.88. The predicted octanol–water partition coefficient (Wildman–Crippen LogP) is 1.56. The number of imidazole rings is 1. The number of hydrogen-bond acceptors (Lipinski definition) is 4. The van der Waals surface area contributed by atoms with Gasteiger partial charge in [-0.1, -0.05) is 0 Å². The second-order valence-electron chi connectivity index (χ2n) is 5.23. The molecule has 0 fully saturated rings. The quantitative estimate of drug-likeness (QED) is 0.868. The Bertz CT molecular complexity index is 629. The van der Waals surface area contributed by atoms with Crippen molar-refractivity contribution in [3.63, 3.8) is 0 Å². The molecular formula is C14H17N5O. The van der Waals surface area contributed by atoms with E-state index in [1.54, 1.807) is 6.33 Å². The third kappa shape index (κ3) is 2.54. The van der Waals surface area contributed by atoms with E-state index in [0.717, 1.165) is 35.6 Å². The van der Waals surface area contributed by atoms with Crippen LogP contribution in [0.1, 0.15) is 29.2 Å². The molecular weight excluding hydrogens is 254 g/mol. The fourth-order valence-corrected chi connectivity index (χ4v) is 2.62. The van der Waals surface area contributed by atoms with Crippen molar-refractivity contribution in [3.8, 4) is 0 Å². The van der Waals surface area contributed by atoms with Gasteiger partial charge in [-0.25, -0.2) is 15.0 Å². The molecule has 2 aromatic rings. The van der Waals surface area contributed by atoms with Crippen LogP contribution in [0.2, 0.25) is 0 Å². The Kier molecular flexibility index (Phi) is 3.22. The predicted molar refractivity (Wildman–Crippen MR) is 74.2 cm³/mol. The van der Waals surface area contributed by atoms with Crippen LogP contribution in [0, 0.1) is 19.8 Å². The summed E-state index contributed by atoms with van der Waals surface area (Å²) in [7, 11) is 0. The Hall–Kier alpha value is -2.24. The lowest BCUT2D eigenvalue weighted by atomic mass is 9.89. The van der Waals surface area contributed by atoms with Gasteiger partial charge in [-0.15, -0.1) is 0 Å². The molecule has 0 saturated heterocycles. The van der Waals surface area contributed by atoms with E-state index < -0.39 is 0 Å². The molecule has 20 heavy (non-hydrogen) atoms. The third-order valence-electron chi connectivity index (χ3n) is 3.58. The molecule has 1 atom stereocenters. The largest absolute Gasteiger partial charge is 0.348 e. The lowest BCUT2D eigenvalue weighted by molar-refractivity contribution is -0.120. The van der Waals surface area contributed by atoms with Crippen LogP contribution in [0.15, 0.2) is 12.4 Å². The van der Waals surface area contributed by atoms with Gasteiger partial charge in [-0.2, -0.15) is 0 Å². The zero-order valence-electron chi connectivity index (χ0n) is 11.6. The van der Waals surface area contributed by atoms with E-state index in [2.05, 4.69) is 25.3 Å². The summed E-state index contributed by atoms with van der Waals surface area (Å²) in [6.45, 7) is 3.78. The van der Waals surface area contributed by atoms with Gasteiger partial charge in [0.15, 0.2) is 0 Å². The number of nitrogens with zero attached hydrogens (tertiary/aromatic N) is 3. The van der Waals surface area contributed by atoms with Crippen molar-refractivity contribution < 1.29 is 4.79 Å². The number of fused-ring (bicyclic) bond motifs is 1. The fourth-order valence-electron chi connectivity index (χ4n) is 2.62. The summed E-state index contributed by atoms with van der Waals surface area (Å²) in [4.78, 5) is 28.1. The summed E-state index contributed by atoms with van der Waals surface area (Å²) in [5.74, 6) is 0.325. The molecule has 0 bridgehead atoms. The molecule has 0 aromatic carbocycles. The van der Waals surface area contributed by atoms with E-state index in [-0.39, 0.29) is 11.8 Å². The smallest absolute Gasteiger partial charge is 0.230 e. The minimum atomic E-state index is -0.0487. The Morgan fingerprint density at radius 2 is 2.10 bits per heavy atom. The molecule has 1 amide bonds. The molecule has 1 aliphatic rings. The molecule has 3 rings (SSSR count). The van der Waals surface area contributed by atoms with Crippen molar-refractivity contribution in [2.45, 2.75) is 33.1 Å². The first-order valence-electron chi connectivity index (χ1n) is 6.76. The molecule has 0 aliphatic heterocycles. The Morgan fingerprint density at radius 1 is 1.35 bits per heavy atom. The van der Waals surface area contributed by atoms with Crippen molar-refractivity contribution in [2.75, 3.05) is 5.32 Å². The maximum absolute atomic E-state index is 12.3. The molecule has 6 heteroatoms. The summed E-state index contributed by atoms with van der Waals surface area (Å²) in [5.41, 5.74) is 3.86. The number of aryl methyl sites for hydroxylation is 3.